The summed E-state index contributed by atoms with van der Waals surface area (Å²) in [5.74, 6) is 0.454. The van der Waals surface area contributed by atoms with Gasteiger partial charge in [-0.2, -0.15) is 0 Å². The van der Waals surface area contributed by atoms with Crippen molar-refractivity contribution in [2.24, 2.45) is 5.92 Å². The van der Waals surface area contributed by atoms with Crippen LogP contribution in [0.25, 0.3) is 10.9 Å². The van der Waals surface area contributed by atoms with Crippen molar-refractivity contribution in [3.05, 3.63) is 33.9 Å². The number of halogens is 1. The Morgan fingerprint density at radius 3 is 2.78 bits per heavy atom. The molecule has 1 aliphatic heterocycles. The summed E-state index contributed by atoms with van der Waals surface area (Å²) >= 11 is 3.55. The van der Waals surface area contributed by atoms with Crippen molar-refractivity contribution < 1.29 is 9.53 Å². The fourth-order valence-electron chi connectivity index (χ4n) is 3.83. The topological polar surface area (TPSA) is 66.2 Å². The van der Waals surface area contributed by atoms with Crippen LogP contribution >= 0.6 is 15.9 Å². The number of hydrogen-bond donors (Lipinski definition) is 3. The molecule has 0 saturated carbocycles. The molecule has 148 valence electrons. The first-order valence-electron chi connectivity index (χ1n) is 9.67. The van der Waals surface area contributed by atoms with Gasteiger partial charge in [-0.25, -0.2) is 4.79 Å². The van der Waals surface area contributed by atoms with Crippen molar-refractivity contribution in [3.63, 3.8) is 0 Å². The van der Waals surface area contributed by atoms with Crippen molar-refractivity contribution in [1.29, 1.82) is 0 Å². The number of carbonyl (C=O) groups excluding carboxylic acids is 1. The first kappa shape index (κ1) is 20.2. The molecule has 1 aliphatic rings. The number of carbonyl (C=O) groups is 1. The number of fused-ring (bicyclic) bond motifs is 3. The third kappa shape index (κ3) is 4.85. The maximum atomic E-state index is 12.4. The van der Waals surface area contributed by atoms with Crippen LogP contribution in [0.1, 0.15) is 58.3 Å². The molecule has 2 heterocycles. The number of aromatic nitrogens is 1. The van der Waals surface area contributed by atoms with Gasteiger partial charge < -0.3 is 20.4 Å². The molecule has 1 aromatic heterocycles. The Hall–Kier alpha value is -1.53. The van der Waals surface area contributed by atoms with E-state index >= 15 is 0 Å². The number of hydrogen-bond acceptors (Lipinski definition) is 3. The fraction of sp³-hybridized carbons (Fsp3) is 0.571. The van der Waals surface area contributed by atoms with Crippen LogP contribution in [0, 0.1) is 5.92 Å². The van der Waals surface area contributed by atoms with Crippen LogP contribution in [-0.4, -0.2) is 29.3 Å². The second-order valence-corrected chi connectivity index (χ2v) is 9.69. The summed E-state index contributed by atoms with van der Waals surface area (Å²) in [6, 6.07) is 6.35. The smallest absolute Gasteiger partial charge is 0.407 e. The summed E-state index contributed by atoms with van der Waals surface area (Å²) in [6.45, 7) is 10.9. The Bertz CT molecular complexity index is 823. The van der Waals surface area contributed by atoms with E-state index in [9.17, 15) is 4.79 Å². The van der Waals surface area contributed by atoms with Crippen LogP contribution in [-0.2, 0) is 11.2 Å². The van der Waals surface area contributed by atoms with Crippen LogP contribution in [0.2, 0.25) is 0 Å². The van der Waals surface area contributed by atoms with Crippen molar-refractivity contribution >= 4 is 32.9 Å². The van der Waals surface area contributed by atoms with E-state index in [-0.39, 0.29) is 18.2 Å². The Kier molecular flexibility index (Phi) is 5.87. The van der Waals surface area contributed by atoms with Gasteiger partial charge in [-0.3, -0.25) is 0 Å². The van der Waals surface area contributed by atoms with E-state index in [0.29, 0.717) is 5.92 Å². The molecule has 1 unspecified atom stereocenters. The maximum absolute atomic E-state index is 12.4. The molecule has 6 heteroatoms. The monoisotopic (exact) mass is 435 g/mol. The summed E-state index contributed by atoms with van der Waals surface area (Å²) in [4.78, 5) is 16.0. The van der Waals surface area contributed by atoms with Gasteiger partial charge in [0.2, 0.25) is 0 Å². The number of amides is 1. The minimum Gasteiger partial charge on any atom is -0.444 e. The predicted molar refractivity (Wildman–Crippen MR) is 113 cm³/mol. The van der Waals surface area contributed by atoms with Crippen molar-refractivity contribution in [1.82, 2.24) is 15.6 Å². The lowest BCUT2D eigenvalue weighted by Crippen LogP contribution is -2.48. The Morgan fingerprint density at radius 2 is 2.11 bits per heavy atom. The fourth-order valence-corrected chi connectivity index (χ4v) is 4.19. The number of H-pyrrole nitrogens is 1. The summed E-state index contributed by atoms with van der Waals surface area (Å²) < 4.78 is 6.57. The third-order valence-electron chi connectivity index (χ3n) is 4.78. The van der Waals surface area contributed by atoms with Crippen molar-refractivity contribution in [2.75, 3.05) is 6.54 Å². The number of alkyl carbamates (subject to hydrolysis) is 1. The Morgan fingerprint density at radius 1 is 1.37 bits per heavy atom. The number of aromatic amines is 1. The Balaban J connectivity index is 1.92. The van der Waals surface area contributed by atoms with Gasteiger partial charge in [0.15, 0.2) is 0 Å². The molecule has 0 saturated heterocycles. The zero-order valence-electron chi connectivity index (χ0n) is 16.8. The molecule has 0 fully saturated rings. The zero-order valence-corrected chi connectivity index (χ0v) is 18.4. The lowest BCUT2D eigenvalue weighted by Gasteiger charge is -2.33. The standard InChI is InChI=1S/C21H30BrN3O2/c1-12(2)10-17(25-20(26)27-21(3,4)5)19-18-15(8-9-23-19)14-7-6-13(22)11-16(14)24-18/h6-7,11-12,17,19,23-24H,8-10H2,1-5H3,(H,25,26)/t17?,19-/m0/s1. The Labute approximate surface area is 169 Å². The van der Waals surface area contributed by atoms with Gasteiger partial charge >= 0.3 is 6.09 Å². The first-order chi connectivity index (χ1) is 12.6. The number of ether oxygens (including phenoxy) is 1. The molecule has 1 aromatic carbocycles. The van der Waals surface area contributed by atoms with Crippen LogP contribution in [0.4, 0.5) is 4.79 Å². The molecule has 3 N–H and O–H groups in total. The quantitative estimate of drug-likeness (QED) is 0.628. The average Bonchev–Trinajstić information content (AvgIpc) is 2.89. The maximum Gasteiger partial charge on any atom is 0.407 e. The summed E-state index contributed by atoms with van der Waals surface area (Å²) in [6.07, 6.45) is 1.49. The molecular weight excluding hydrogens is 406 g/mol. The molecular formula is C21H30BrN3O2. The number of rotatable bonds is 4. The summed E-state index contributed by atoms with van der Waals surface area (Å²) in [7, 11) is 0. The number of benzene rings is 1. The molecule has 0 aliphatic carbocycles. The average molecular weight is 436 g/mol. The SMILES string of the molecule is CC(C)CC(NC(=O)OC(C)(C)C)[C@@H]1NCCc2c1[nH]c1cc(Br)ccc21. The number of nitrogens with one attached hydrogen (secondary N) is 3. The van der Waals surface area contributed by atoms with Gasteiger partial charge in [0.1, 0.15) is 5.60 Å². The normalized spacial score (nSPS) is 18.4. The van der Waals surface area contributed by atoms with E-state index in [2.05, 4.69) is 63.6 Å². The molecule has 0 bridgehead atoms. The molecule has 27 heavy (non-hydrogen) atoms. The molecule has 3 rings (SSSR count). The summed E-state index contributed by atoms with van der Waals surface area (Å²) in [5.41, 5.74) is 3.14. The minimum atomic E-state index is -0.509. The van der Waals surface area contributed by atoms with Crippen molar-refractivity contribution in [3.8, 4) is 0 Å². The highest BCUT2D eigenvalue weighted by molar-refractivity contribution is 9.10. The first-order valence-corrected chi connectivity index (χ1v) is 10.5. The highest BCUT2D eigenvalue weighted by Crippen LogP contribution is 2.34. The zero-order chi connectivity index (χ0) is 19.8. The second kappa shape index (κ2) is 7.84. The van der Waals surface area contributed by atoms with E-state index in [0.717, 1.165) is 29.4 Å². The van der Waals surface area contributed by atoms with E-state index in [1.54, 1.807) is 0 Å². The van der Waals surface area contributed by atoms with Crippen LogP contribution in [0.15, 0.2) is 22.7 Å². The third-order valence-corrected chi connectivity index (χ3v) is 5.27. The van der Waals surface area contributed by atoms with Gasteiger partial charge in [-0.05, 0) is 63.8 Å². The lowest BCUT2D eigenvalue weighted by atomic mass is 9.90. The van der Waals surface area contributed by atoms with E-state index < -0.39 is 5.60 Å². The van der Waals surface area contributed by atoms with Gasteiger partial charge in [-0.1, -0.05) is 35.8 Å². The highest BCUT2D eigenvalue weighted by Gasteiger charge is 2.32. The molecule has 0 spiro atoms. The molecule has 1 amide bonds. The molecule has 0 radical (unpaired) electrons. The predicted octanol–water partition coefficient (Wildman–Crippen LogP) is 5.06. The van der Waals surface area contributed by atoms with Crippen LogP contribution in [0.5, 0.6) is 0 Å². The molecule has 5 nitrogen and oxygen atoms in total. The lowest BCUT2D eigenvalue weighted by molar-refractivity contribution is 0.0483. The van der Waals surface area contributed by atoms with Gasteiger partial charge in [0.25, 0.3) is 0 Å². The van der Waals surface area contributed by atoms with Gasteiger partial charge in [-0.15, -0.1) is 0 Å². The largest absolute Gasteiger partial charge is 0.444 e. The van der Waals surface area contributed by atoms with E-state index in [4.69, 9.17) is 4.74 Å². The highest BCUT2D eigenvalue weighted by atomic mass is 79.9. The van der Waals surface area contributed by atoms with E-state index in [1.807, 2.05) is 20.8 Å². The molecule has 2 aromatic rings. The summed E-state index contributed by atoms with van der Waals surface area (Å²) in [5, 5.41) is 7.99. The minimum absolute atomic E-state index is 0.0369. The second-order valence-electron chi connectivity index (χ2n) is 8.77. The van der Waals surface area contributed by atoms with E-state index in [1.165, 1.54) is 16.6 Å². The van der Waals surface area contributed by atoms with Gasteiger partial charge in [0.05, 0.1) is 12.1 Å². The van der Waals surface area contributed by atoms with Gasteiger partial charge in [0, 0.05) is 21.1 Å². The molecule has 2 atom stereocenters. The van der Waals surface area contributed by atoms with Crippen LogP contribution in [0.3, 0.4) is 0 Å². The van der Waals surface area contributed by atoms with Crippen LogP contribution < -0.4 is 10.6 Å². The van der Waals surface area contributed by atoms with Crippen molar-refractivity contribution in [2.45, 2.75) is 65.1 Å².